The second-order valence-corrected chi connectivity index (χ2v) is 4.85. The van der Waals surface area contributed by atoms with Gasteiger partial charge in [-0.25, -0.2) is 4.98 Å². The minimum Gasteiger partial charge on any atom is -0.466 e. The lowest BCUT2D eigenvalue weighted by atomic mass is 10.1. The number of Topliss-reactive ketones (excluding diaryl/α,β-unsaturated/α-hetero) is 1. The normalized spacial score (nSPS) is 10.5. The van der Waals surface area contributed by atoms with E-state index in [2.05, 4.69) is 4.98 Å². The molecule has 0 saturated carbocycles. The highest BCUT2D eigenvalue weighted by Gasteiger charge is 2.12. The van der Waals surface area contributed by atoms with Crippen molar-refractivity contribution in [1.29, 1.82) is 0 Å². The number of esters is 1. The molecule has 0 fully saturated rings. The molecule has 116 valence electrons. The van der Waals surface area contributed by atoms with Crippen molar-refractivity contribution in [3.05, 3.63) is 42.0 Å². The fourth-order valence-corrected chi connectivity index (χ4v) is 2.18. The molecule has 6 nitrogen and oxygen atoms in total. The van der Waals surface area contributed by atoms with E-state index in [1.807, 2.05) is 4.57 Å². The Hall–Kier alpha value is -2.63. The molecule has 1 aromatic heterocycles. The predicted octanol–water partition coefficient (Wildman–Crippen LogP) is 2.15. The van der Waals surface area contributed by atoms with Crippen LogP contribution in [0.3, 0.4) is 0 Å². The fourth-order valence-electron chi connectivity index (χ4n) is 2.18. The highest BCUT2D eigenvalue weighted by molar-refractivity contribution is 5.95. The summed E-state index contributed by atoms with van der Waals surface area (Å²) in [5.74, 6) is 0.429. The Balaban J connectivity index is 2.22. The highest BCUT2D eigenvalue weighted by Crippen LogP contribution is 2.21. The van der Waals surface area contributed by atoms with Crippen LogP contribution in [0.4, 0.5) is 5.69 Å². The summed E-state index contributed by atoms with van der Waals surface area (Å²) in [6, 6.07) is 5.15. The van der Waals surface area contributed by atoms with Gasteiger partial charge in [0.05, 0.1) is 24.4 Å². The summed E-state index contributed by atoms with van der Waals surface area (Å²) in [7, 11) is 0. The van der Waals surface area contributed by atoms with Gasteiger partial charge in [-0.3, -0.25) is 9.59 Å². The highest BCUT2D eigenvalue weighted by atomic mass is 16.5. The SMILES string of the molecule is CCOC(=O)CCc1nccn1-c1ccc(C(C)=O)cc1N. The Labute approximate surface area is 128 Å². The molecular weight excluding hydrogens is 282 g/mol. The molecule has 0 aliphatic heterocycles. The molecular formula is C16H19N3O3. The maximum absolute atomic E-state index is 11.5. The zero-order valence-electron chi connectivity index (χ0n) is 12.7. The summed E-state index contributed by atoms with van der Waals surface area (Å²) in [6.45, 7) is 3.64. The topological polar surface area (TPSA) is 87.2 Å². The van der Waals surface area contributed by atoms with Gasteiger partial charge in [0.25, 0.3) is 0 Å². The number of ether oxygens (including phenoxy) is 1. The van der Waals surface area contributed by atoms with Crippen LogP contribution in [0.2, 0.25) is 0 Å². The van der Waals surface area contributed by atoms with Gasteiger partial charge in [-0.2, -0.15) is 0 Å². The molecule has 1 aromatic carbocycles. The average molecular weight is 301 g/mol. The molecule has 1 heterocycles. The number of nitrogen functional groups attached to an aromatic ring is 1. The van der Waals surface area contributed by atoms with Gasteiger partial charge < -0.3 is 15.0 Å². The number of anilines is 1. The summed E-state index contributed by atoms with van der Waals surface area (Å²) in [6.07, 6.45) is 4.15. The molecule has 0 saturated heterocycles. The maximum Gasteiger partial charge on any atom is 0.306 e. The second-order valence-electron chi connectivity index (χ2n) is 4.85. The number of aryl methyl sites for hydroxylation is 1. The van der Waals surface area contributed by atoms with Gasteiger partial charge in [-0.15, -0.1) is 0 Å². The van der Waals surface area contributed by atoms with Crippen molar-refractivity contribution in [1.82, 2.24) is 9.55 Å². The molecule has 0 amide bonds. The maximum atomic E-state index is 11.5. The first-order chi connectivity index (χ1) is 10.5. The number of imidazole rings is 1. The number of ketones is 1. The monoisotopic (exact) mass is 301 g/mol. The molecule has 2 N–H and O–H groups in total. The summed E-state index contributed by atoms with van der Waals surface area (Å²) in [4.78, 5) is 27.1. The molecule has 0 atom stereocenters. The molecule has 0 aliphatic rings. The van der Waals surface area contributed by atoms with Crippen molar-refractivity contribution >= 4 is 17.4 Å². The van der Waals surface area contributed by atoms with Crippen molar-refractivity contribution < 1.29 is 14.3 Å². The van der Waals surface area contributed by atoms with Crippen molar-refractivity contribution in [2.45, 2.75) is 26.7 Å². The minimum absolute atomic E-state index is 0.0357. The molecule has 2 aromatic rings. The van der Waals surface area contributed by atoms with Crippen LogP contribution in [-0.2, 0) is 16.0 Å². The van der Waals surface area contributed by atoms with Gasteiger partial charge in [-0.05, 0) is 32.0 Å². The van der Waals surface area contributed by atoms with E-state index >= 15 is 0 Å². The van der Waals surface area contributed by atoms with Crippen molar-refractivity contribution in [3.8, 4) is 5.69 Å². The van der Waals surface area contributed by atoms with Gasteiger partial charge in [-0.1, -0.05) is 0 Å². The number of carbonyl (C=O) groups excluding carboxylic acids is 2. The fraction of sp³-hybridized carbons (Fsp3) is 0.312. The van der Waals surface area contributed by atoms with Crippen molar-refractivity contribution in [3.63, 3.8) is 0 Å². The number of nitrogens with two attached hydrogens (primary N) is 1. The number of carbonyl (C=O) groups is 2. The summed E-state index contributed by atoms with van der Waals surface area (Å²) in [5.41, 5.74) is 7.82. The van der Waals surface area contributed by atoms with Crippen LogP contribution in [0, 0.1) is 0 Å². The standard InChI is InChI=1S/C16H19N3O3/c1-3-22-16(21)7-6-15-18-8-9-19(15)14-5-4-12(11(2)20)10-13(14)17/h4-5,8-10H,3,6-7,17H2,1-2H3. The zero-order chi connectivity index (χ0) is 16.1. The molecule has 0 aliphatic carbocycles. The smallest absolute Gasteiger partial charge is 0.306 e. The molecule has 0 radical (unpaired) electrons. The van der Waals surface area contributed by atoms with Crippen LogP contribution in [0.25, 0.3) is 5.69 Å². The number of benzene rings is 1. The Bertz CT molecular complexity index is 692. The number of hydrogen-bond acceptors (Lipinski definition) is 5. The summed E-state index contributed by atoms with van der Waals surface area (Å²) in [5, 5.41) is 0. The first-order valence-electron chi connectivity index (χ1n) is 7.11. The van der Waals surface area contributed by atoms with E-state index in [-0.39, 0.29) is 18.2 Å². The quantitative estimate of drug-likeness (QED) is 0.502. The van der Waals surface area contributed by atoms with Gasteiger partial charge in [0, 0.05) is 24.4 Å². The van der Waals surface area contributed by atoms with Crippen LogP contribution in [-0.4, -0.2) is 27.9 Å². The third-order valence-electron chi connectivity index (χ3n) is 3.27. The van der Waals surface area contributed by atoms with Gasteiger partial charge >= 0.3 is 5.97 Å². The van der Waals surface area contributed by atoms with Crippen LogP contribution >= 0.6 is 0 Å². The number of rotatable bonds is 6. The van der Waals surface area contributed by atoms with Crippen molar-refractivity contribution in [2.75, 3.05) is 12.3 Å². The first kappa shape index (κ1) is 15.8. The Morgan fingerprint density at radius 3 is 2.77 bits per heavy atom. The van der Waals surface area contributed by atoms with E-state index in [1.165, 1.54) is 6.92 Å². The Morgan fingerprint density at radius 2 is 2.14 bits per heavy atom. The van der Waals surface area contributed by atoms with Crippen LogP contribution < -0.4 is 5.73 Å². The van der Waals surface area contributed by atoms with Crippen LogP contribution in [0.1, 0.15) is 36.5 Å². The van der Waals surface area contributed by atoms with Crippen LogP contribution in [0.15, 0.2) is 30.6 Å². The van der Waals surface area contributed by atoms with E-state index < -0.39 is 0 Å². The number of hydrogen-bond donors (Lipinski definition) is 1. The lowest BCUT2D eigenvalue weighted by Gasteiger charge is -2.11. The largest absolute Gasteiger partial charge is 0.466 e. The lowest BCUT2D eigenvalue weighted by molar-refractivity contribution is -0.143. The van der Waals surface area contributed by atoms with E-state index in [9.17, 15) is 9.59 Å². The van der Waals surface area contributed by atoms with Gasteiger partial charge in [0.1, 0.15) is 5.82 Å². The lowest BCUT2D eigenvalue weighted by Crippen LogP contribution is -2.09. The molecule has 0 unspecified atom stereocenters. The number of aromatic nitrogens is 2. The van der Waals surface area contributed by atoms with Gasteiger partial charge in [0.2, 0.25) is 0 Å². The summed E-state index contributed by atoms with van der Waals surface area (Å²) < 4.78 is 6.73. The predicted molar refractivity (Wildman–Crippen MR) is 82.9 cm³/mol. The van der Waals surface area contributed by atoms with Crippen molar-refractivity contribution in [2.24, 2.45) is 0 Å². The molecule has 6 heteroatoms. The Kier molecular flexibility index (Phi) is 4.93. The third kappa shape index (κ3) is 3.52. The van der Waals surface area contributed by atoms with E-state index in [0.29, 0.717) is 24.3 Å². The van der Waals surface area contributed by atoms with E-state index in [0.717, 1.165) is 11.5 Å². The zero-order valence-corrected chi connectivity index (χ0v) is 12.7. The number of nitrogens with zero attached hydrogens (tertiary/aromatic N) is 2. The molecule has 22 heavy (non-hydrogen) atoms. The Morgan fingerprint density at radius 1 is 1.36 bits per heavy atom. The van der Waals surface area contributed by atoms with Gasteiger partial charge in [0.15, 0.2) is 5.78 Å². The van der Waals surface area contributed by atoms with E-state index in [4.69, 9.17) is 10.5 Å². The summed E-state index contributed by atoms with van der Waals surface area (Å²) >= 11 is 0. The third-order valence-corrected chi connectivity index (χ3v) is 3.27. The average Bonchev–Trinajstić information content (AvgIpc) is 2.93. The second kappa shape index (κ2) is 6.89. The molecule has 0 bridgehead atoms. The minimum atomic E-state index is -0.253. The molecule has 2 rings (SSSR count). The van der Waals surface area contributed by atoms with Crippen LogP contribution in [0.5, 0.6) is 0 Å². The molecule has 0 spiro atoms. The first-order valence-corrected chi connectivity index (χ1v) is 7.11. The van der Waals surface area contributed by atoms with E-state index in [1.54, 1.807) is 37.5 Å².